The lowest BCUT2D eigenvalue weighted by molar-refractivity contribution is -0.143. The Morgan fingerprint density at radius 1 is 1.10 bits per heavy atom. The molecule has 0 unspecified atom stereocenters. The molecular formula is C24H26F3NO3. The Kier molecular flexibility index (Phi) is 6.39. The van der Waals surface area contributed by atoms with E-state index in [1.165, 1.54) is 12.1 Å². The van der Waals surface area contributed by atoms with E-state index in [-0.39, 0.29) is 37.1 Å². The van der Waals surface area contributed by atoms with Crippen molar-refractivity contribution in [2.24, 2.45) is 0 Å². The Hall–Kier alpha value is -2.70. The standard InChI is InChI=1S/C24H26F3NO3/c1-2-30-23(29)7-6-16-10-15-8-9-28(14-17(15)11-20(16)25)22-13-19(12-21(26)24(22)27)31-18-4-3-5-18/h10-13,18H,2-9,14H2,1H3. The van der Waals surface area contributed by atoms with Crippen molar-refractivity contribution in [1.29, 1.82) is 0 Å². The van der Waals surface area contributed by atoms with Gasteiger partial charge < -0.3 is 14.4 Å². The molecule has 1 heterocycles. The van der Waals surface area contributed by atoms with Crippen LogP contribution in [0.15, 0.2) is 24.3 Å². The first-order valence-electron chi connectivity index (χ1n) is 10.8. The van der Waals surface area contributed by atoms with Crippen LogP contribution in [0, 0.1) is 17.5 Å². The van der Waals surface area contributed by atoms with Gasteiger partial charge in [0.05, 0.1) is 18.4 Å². The third-order valence-electron chi connectivity index (χ3n) is 5.96. The molecule has 4 rings (SSSR count). The van der Waals surface area contributed by atoms with Crippen LogP contribution < -0.4 is 9.64 Å². The number of benzene rings is 2. The molecule has 1 aliphatic carbocycles. The van der Waals surface area contributed by atoms with Crippen LogP contribution in [0.1, 0.15) is 49.3 Å². The Morgan fingerprint density at radius 3 is 2.61 bits per heavy atom. The second-order valence-corrected chi connectivity index (χ2v) is 8.10. The maximum atomic E-state index is 14.6. The lowest BCUT2D eigenvalue weighted by Gasteiger charge is -2.32. The number of halogens is 3. The summed E-state index contributed by atoms with van der Waals surface area (Å²) in [7, 11) is 0. The number of carbonyl (C=O) groups excluding carboxylic acids is 1. The molecule has 7 heteroatoms. The Bertz CT molecular complexity index is 975. The lowest BCUT2D eigenvalue weighted by Crippen LogP contribution is -2.32. The summed E-state index contributed by atoms with van der Waals surface area (Å²) < 4.78 is 54.0. The fourth-order valence-electron chi connectivity index (χ4n) is 4.03. The molecule has 0 radical (unpaired) electrons. The van der Waals surface area contributed by atoms with Gasteiger partial charge in [0.15, 0.2) is 11.6 Å². The molecule has 2 aliphatic rings. The molecule has 0 aromatic heterocycles. The molecule has 0 amide bonds. The summed E-state index contributed by atoms with van der Waals surface area (Å²) in [6.45, 7) is 2.77. The van der Waals surface area contributed by atoms with Crippen LogP contribution in [0.5, 0.6) is 5.75 Å². The van der Waals surface area contributed by atoms with Crippen LogP contribution in [0.4, 0.5) is 18.9 Å². The van der Waals surface area contributed by atoms with Crippen molar-refractivity contribution in [2.75, 3.05) is 18.1 Å². The van der Waals surface area contributed by atoms with Gasteiger partial charge in [0.1, 0.15) is 11.6 Å². The normalized spacial score (nSPS) is 15.9. The zero-order valence-corrected chi connectivity index (χ0v) is 17.6. The molecule has 166 valence electrons. The second-order valence-electron chi connectivity index (χ2n) is 8.10. The highest BCUT2D eigenvalue weighted by Crippen LogP contribution is 2.34. The number of hydrogen-bond donors (Lipinski definition) is 0. The molecule has 2 aromatic carbocycles. The second kappa shape index (κ2) is 9.20. The summed E-state index contributed by atoms with van der Waals surface area (Å²) in [5.41, 5.74) is 2.29. The minimum atomic E-state index is -0.946. The molecule has 1 aliphatic heterocycles. The van der Waals surface area contributed by atoms with E-state index in [2.05, 4.69) is 0 Å². The van der Waals surface area contributed by atoms with E-state index in [0.29, 0.717) is 30.9 Å². The number of nitrogens with zero attached hydrogens (tertiary/aromatic N) is 1. The number of hydrogen-bond acceptors (Lipinski definition) is 4. The van der Waals surface area contributed by atoms with Gasteiger partial charge in [-0.15, -0.1) is 0 Å². The summed E-state index contributed by atoms with van der Waals surface area (Å²) in [6.07, 6.45) is 3.93. The molecule has 1 fully saturated rings. The number of aryl methyl sites for hydroxylation is 1. The van der Waals surface area contributed by atoms with Gasteiger partial charge in [0.25, 0.3) is 0 Å². The number of ether oxygens (including phenoxy) is 2. The molecular weight excluding hydrogens is 407 g/mol. The molecule has 0 spiro atoms. The predicted octanol–water partition coefficient (Wildman–Crippen LogP) is 5.09. The van der Waals surface area contributed by atoms with Crippen LogP contribution in [-0.4, -0.2) is 25.2 Å². The van der Waals surface area contributed by atoms with Crippen molar-refractivity contribution in [1.82, 2.24) is 0 Å². The van der Waals surface area contributed by atoms with Crippen molar-refractivity contribution >= 4 is 11.7 Å². The quantitative estimate of drug-likeness (QED) is 0.570. The molecule has 4 nitrogen and oxygen atoms in total. The summed E-state index contributed by atoms with van der Waals surface area (Å²) in [4.78, 5) is 13.3. The van der Waals surface area contributed by atoms with Gasteiger partial charge in [0, 0.05) is 31.6 Å². The zero-order chi connectivity index (χ0) is 22.0. The average molecular weight is 433 g/mol. The van der Waals surface area contributed by atoms with E-state index < -0.39 is 17.5 Å². The smallest absolute Gasteiger partial charge is 0.306 e. The van der Waals surface area contributed by atoms with Gasteiger partial charge in [-0.25, -0.2) is 13.2 Å². The number of carbonyl (C=O) groups is 1. The molecule has 1 saturated carbocycles. The molecule has 0 saturated heterocycles. The summed E-state index contributed by atoms with van der Waals surface area (Å²) >= 11 is 0. The number of fused-ring (bicyclic) bond motifs is 1. The lowest BCUT2D eigenvalue weighted by atomic mass is 9.94. The highest BCUT2D eigenvalue weighted by molar-refractivity contribution is 5.69. The Morgan fingerprint density at radius 2 is 1.90 bits per heavy atom. The van der Waals surface area contributed by atoms with Crippen molar-refractivity contribution < 1.29 is 27.4 Å². The minimum absolute atomic E-state index is 0.0573. The van der Waals surface area contributed by atoms with Crippen molar-refractivity contribution in [2.45, 2.75) is 58.1 Å². The van der Waals surface area contributed by atoms with Gasteiger partial charge in [-0.1, -0.05) is 6.07 Å². The zero-order valence-electron chi connectivity index (χ0n) is 17.6. The third-order valence-corrected chi connectivity index (χ3v) is 5.96. The van der Waals surface area contributed by atoms with E-state index in [9.17, 15) is 18.0 Å². The first-order chi connectivity index (χ1) is 14.9. The Labute approximate surface area is 180 Å². The monoisotopic (exact) mass is 433 g/mol. The van der Waals surface area contributed by atoms with Crippen LogP contribution in [0.2, 0.25) is 0 Å². The molecule has 2 aromatic rings. The van der Waals surface area contributed by atoms with E-state index in [1.807, 2.05) is 0 Å². The van der Waals surface area contributed by atoms with E-state index in [0.717, 1.165) is 36.5 Å². The van der Waals surface area contributed by atoms with E-state index in [4.69, 9.17) is 9.47 Å². The van der Waals surface area contributed by atoms with Gasteiger partial charge >= 0.3 is 5.97 Å². The van der Waals surface area contributed by atoms with Gasteiger partial charge in [-0.3, -0.25) is 4.79 Å². The fourth-order valence-corrected chi connectivity index (χ4v) is 4.03. The number of anilines is 1. The maximum absolute atomic E-state index is 14.6. The van der Waals surface area contributed by atoms with Crippen LogP contribution >= 0.6 is 0 Å². The summed E-state index contributed by atoms with van der Waals surface area (Å²) in [5, 5.41) is 0. The van der Waals surface area contributed by atoms with Crippen LogP contribution in [-0.2, 0) is 28.9 Å². The van der Waals surface area contributed by atoms with E-state index >= 15 is 0 Å². The molecule has 0 atom stereocenters. The van der Waals surface area contributed by atoms with Crippen molar-refractivity contribution in [3.63, 3.8) is 0 Å². The van der Waals surface area contributed by atoms with Crippen molar-refractivity contribution in [3.05, 3.63) is 58.4 Å². The van der Waals surface area contributed by atoms with E-state index in [1.54, 1.807) is 17.9 Å². The molecule has 0 bridgehead atoms. The SMILES string of the molecule is CCOC(=O)CCc1cc2c(cc1F)CN(c1cc(OC3CCC3)cc(F)c1F)CC2. The summed E-state index contributed by atoms with van der Waals surface area (Å²) in [5.74, 6) is -2.30. The van der Waals surface area contributed by atoms with Gasteiger partial charge in [-0.05, 0) is 61.8 Å². The minimum Gasteiger partial charge on any atom is -0.490 e. The fraction of sp³-hybridized carbons (Fsp3) is 0.458. The average Bonchev–Trinajstić information content (AvgIpc) is 2.71. The maximum Gasteiger partial charge on any atom is 0.306 e. The highest BCUT2D eigenvalue weighted by Gasteiger charge is 2.25. The van der Waals surface area contributed by atoms with Crippen LogP contribution in [0.3, 0.4) is 0 Å². The number of rotatable bonds is 7. The molecule has 0 N–H and O–H groups in total. The summed E-state index contributed by atoms with van der Waals surface area (Å²) in [6, 6.07) is 5.83. The van der Waals surface area contributed by atoms with Gasteiger partial charge in [0.2, 0.25) is 0 Å². The van der Waals surface area contributed by atoms with Crippen LogP contribution in [0.25, 0.3) is 0 Å². The predicted molar refractivity (Wildman–Crippen MR) is 111 cm³/mol. The topological polar surface area (TPSA) is 38.8 Å². The van der Waals surface area contributed by atoms with Gasteiger partial charge in [-0.2, -0.15) is 0 Å². The highest BCUT2D eigenvalue weighted by atomic mass is 19.2. The number of esters is 1. The Balaban J connectivity index is 1.51. The van der Waals surface area contributed by atoms with Crippen molar-refractivity contribution in [3.8, 4) is 5.75 Å². The molecule has 31 heavy (non-hydrogen) atoms. The third kappa shape index (κ3) is 4.81. The largest absolute Gasteiger partial charge is 0.490 e. The first kappa shape index (κ1) is 21.5. The first-order valence-corrected chi connectivity index (χ1v) is 10.8.